The summed E-state index contributed by atoms with van der Waals surface area (Å²) in [6, 6.07) is 5.49. The third-order valence-corrected chi connectivity index (χ3v) is 8.64. The molecule has 2 aromatic carbocycles. The number of hydrogen-bond acceptors (Lipinski definition) is 0. The zero-order chi connectivity index (χ0) is 23.1. The van der Waals surface area contributed by atoms with Crippen LogP contribution in [0, 0.1) is 35.2 Å². The standard InChI is InChI=1S/C30H33F3/c1-3-5-6-22-17-25-24-16-15-23(29(32)26(24)27(25)30(33)28(22)31)21-13-11-20(12-14-21)19-9-7-18(4-2)8-10-19/h3-4,15-21H,1-2,5-14H2. The van der Waals surface area contributed by atoms with Crippen molar-refractivity contribution in [3.8, 4) is 22.3 Å². The maximum atomic E-state index is 15.6. The van der Waals surface area contributed by atoms with Crippen LogP contribution in [0.5, 0.6) is 0 Å². The molecular formula is C30H33F3. The van der Waals surface area contributed by atoms with E-state index in [0.717, 1.165) is 37.5 Å². The van der Waals surface area contributed by atoms with Crippen LogP contribution in [0.15, 0.2) is 43.5 Å². The minimum absolute atomic E-state index is 0.122. The van der Waals surface area contributed by atoms with Crippen LogP contribution in [0.3, 0.4) is 0 Å². The molecule has 0 aromatic heterocycles. The predicted octanol–water partition coefficient (Wildman–Crippen LogP) is 9.14. The molecule has 0 bridgehead atoms. The van der Waals surface area contributed by atoms with Gasteiger partial charge in [-0.3, -0.25) is 0 Å². The van der Waals surface area contributed by atoms with Crippen molar-refractivity contribution < 1.29 is 13.2 Å². The Hall–Kier alpha value is -2.29. The summed E-state index contributed by atoms with van der Waals surface area (Å²) in [6.07, 6.45) is 14.1. The fourth-order valence-corrected chi connectivity index (χ4v) is 6.64. The lowest BCUT2D eigenvalue weighted by atomic mass is 9.67. The molecule has 0 radical (unpaired) electrons. The largest absolute Gasteiger partial charge is 0.206 e. The number of rotatable bonds is 6. The van der Waals surface area contributed by atoms with E-state index in [0.29, 0.717) is 41.0 Å². The Bertz CT molecular complexity index is 1070. The summed E-state index contributed by atoms with van der Waals surface area (Å²) in [5, 5.41) is 0. The van der Waals surface area contributed by atoms with E-state index in [1.54, 1.807) is 12.1 Å². The smallest absolute Gasteiger partial charge is 0.167 e. The van der Waals surface area contributed by atoms with Crippen molar-refractivity contribution in [1.29, 1.82) is 0 Å². The van der Waals surface area contributed by atoms with Crippen LogP contribution in [0.4, 0.5) is 13.2 Å². The second kappa shape index (κ2) is 9.16. The molecule has 0 saturated heterocycles. The van der Waals surface area contributed by atoms with Gasteiger partial charge >= 0.3 is 0 Å². The van der Waals surface area contributed by atoms with Crippen molar-refractivity contribution in [1.82, 2.24) is 0 Å². The van der Waals surface area contributed by atoms with Gasteiger partial charge in [-0.2, -0.15) is 0 Å². The Morgan fingerprint density at radius 1 is 0.758 bits per heavy atom. The molecule has 0 aliphatic heterocycles. The van der Waals surface area contributed by atoms with Gasteiger partial charge in [0.05, 0.1) is 0 Å². The zero-order valence-corrected chi connectivity index (χ0v) is 19.3. The van der Waals surface area contributed by atoms with Crippen molar-refractivity contribution in [3.63, 3.8) is 0 Å². The predicted molar refractivity (Wildman–Crippen MR) is 130 cm³/mol. The van der Waals surface area contributed by atoms with Crippen LogP contribution < -0.4 is 0 Å². The lowest BCUT2D eigenvalue weighted by Crippen LogP contribution is -2.25. The zero-order valence-electron chi connectivity index (χ0n) is 19.3. The minimum Gasteiger partial charge on any atom is -0.206 e. The second-order valence-corrected chi connectivity index (χ2v) is 10.3. The lowest BCUT2D eigenvalue weighted by Gasteiger charge is -2.38. The summed E-state index contributed by atoms with van der Waals surface area (Å²) < 4.78 is 45.1. The van der Waals surface area contributed by atoms with Gasteiger partial charge in [-0.1, -0.05) is 24.3 Å². The molecule has 0 heterocycles. The van der Waals surface area contributed by atoms with E-state index in [1.807, 2.05) is 12.1 Å². The molecule has 5 rings (SSSR count). The first-order valence-corrected chi connectivity index (χ1v) is 12.6. The molecule has 0 atom stereocenters. The van der Waals surface area contributed by atoms with Crippen molar-refractivity contribution in [2.24, 2.45) is 17.8 Å². The molecule has 0 unspecified atom stereocenters. The molecule has 3 heteroatoms. The molecule has 0 N–H and O–H groups in total. The van der Waals surface area contributed by atoms with E-state index in [9.17, 15) is 8.78 Å². The highest BCUT2D eigenvalue weighted by atomic mass is 19.2. The van der Waals surface area contributed by atoms with Crippen LogP contribution in [0.25, 0.3) is 22.3 Å². The van der Waals surface area contributed by atoms with Crippen molar-refractivity contribution in [2.75, 3.05) is 0 Å². The quantitative estimate of drug-likeness (QED) is 0.328. The van der Waals surface area contributed by atoms with E-state index in [1.165, 1.54) is 25.7 Å². The Balaban J connectivity index is 1.32. The first kappa shape index (κ1) is 22.5. The third kappa shape index (κ3) is 3.88. The first-order valence-electron chi connectivity index (χ1n) is 12.6. The van der Waals surface area contributed by atoms with Crippen LogP contribution >= 0.6 is 0 Å². The number of halogens is 3. The molecule has 2 saturated carbocycles. The lowest BCUT2D eigenvalue weighted by molar-refractivity contribution is 0.171. The summed E-state index contributed by atoms with van der Waals surface area (Å²) in [5.41, 5.74) is 2.76. The Labute approximate surface area is 195 Å². The SMILES string of the molecule is C=CCCc1cc2c(c(F)c1F)-c1c-2ccc(C2CCC(C3CCC(C=C)CC3)CC2)c1F. The van der Waals surface area contributed by atoms with Gasteiger partial charge in [0.15, 0.2) is 11.6 Å². The highest BCUT2D eigenvalue weighted by Crippen LogP contribution is 2.53. The van der Waals surface area contributed by atoms with Crippen molar-refractivity contribution in [3.05, 3.63) is 72.1 Å². The summed E-state index contributed by atoms with van der Waals surface area (Å²) in [5.74, 6) is 0.282. The Morgan fingerprint density at radius 2 is 1.39 bits per heavy atom. The first-order chi connectivity index (χ1) is 16.0. The highest BCUT2D eigenvalue weighted by molar-refractivity contribution is 6.03. The van der Waals surface area contributed by atoms with Gasteiger partial charge in [-0.25, -0.2) is 13.2 Å². The molecule has 2 fully saturated rings. The Morgan fingerprint density at radius 3 is 2.03 bits per heavy atom. The highest BCUT2D eigenvalue weighted by Gasteiger charge is 2.36. The molecular weight excluding hydrogens is 417 g/mol. The van der Waals surface area contributed by atoms with Gasteiger partial charge in [0.25, 0.3) is 0 Å². The van der Waals surface area contributed by atoms with Gasteiger partial charge in [-0.05, 0) is 116 Å². The molecule has 174 valence electrons. The normalized spacial score (nSPS) is 26.2. The Kier molecular flexibility index (Phi) is 6.24. The van der Waals surface area contributed by atoms with E-state index in [2.05, 4.69) is 19.2 Å². The fourth-order valence-electron chi connectivity index (χ4n) is 6.64. The average Bonchev–Trinajstić information content (AvgIpc) is 2.84. The van der Waals surface area contributed by atoms with E-state index < -0.39 is 11.6 Å². The van der Waals surface area contributed by atoms with Crippen LogP contribution in [-0.2, 0) is 6.42 Å². The third-order valence-electron chi connectivity index (χ3n) is 8.64. The van der Waals surface area contributed by atoms with Gasteiger partial charge in [0, 0.05) is 11.1 Å². The number of fused-ring (bicyclic) bond motifs is 4. The summed E-state index contributed by atoms with van der Waals surface area (Å²) >= 11 is 0. The maximum Gasteiger partial charge on any atom is 0.167 e. The molecule has 0 amide bonds. The molecule has 0 nitrogen and oxygen atoms in total. The second-order valence-electron chi connectivity index (χ2n) is 10.3. The van der Waals surface area contributed by atoms with Crippen LogP contribution in [-0.4, -0.2) is 0 Å². The van der Waals surface area contributed by atoms with Gasteiger partial charge in [-0.15, -0.1) is 13.2 Å². The maximum absolute atomic E-state index is 15.6. The van der Waals surface area contributed by atoms with Crippen molar-refractivity contribution >= 4 is 0 Å². The fraction of sp³-hybridized carbons (Fsp3) is 0.467. The van der Waals surface area contributed by atoms with Gasteiger partial charge < -0.3 is 0 Å². The van der Waals surface area contributed by atoms with Crippen molar-refractivity contribution in [2.45, 2.75) is 70.1 Å². The topological polar surface area (TPSA) is 0 Å². The van der Waals surface area contributed by atoms with Gasteiger partial charge in [0.1, 0.15) is 5.82 Å². The monoisotopic (exact) mass is 450 g/mol. The van der Waals surface area contributed by atoms with E-state index >= 15 is 4.39 Å². The molecule has 3 aliphatic rings. The average molecular weight is 451 g/mol. The number of allylic oxidation sites excluding steroid dienone is 2. The summed E-state index contributed by atoms with van der Waals surface area (Å²) in [4.78, 5) is 0. The number of hydrogen-bond donors (Lipinski definition) is 0. The van der Waals surface area contributed by atoms with Gasteiger partial charge in [0.2, 0.25) is 0 Å². The molecule has 0 spiro atoms. The molecule has 2 aromatic rings. The molecule has 33 heavy (non-hydrogen) atoms. The summed E-state index contributed by atoms with van der Waals surface area (Å²) in [6.45, 7) is 7.60. The van der Waals surface area contributed by atoms with Crippen LogP contribution in [0.2, 0.25) is 0 Å². The van der Waals surface area contributed by atoms with Crippen LogP contribution in [0.1, 0.15) is 74.8 Å². The van der Waals surface area contributed by atoms with E-state index in [-0.39, 0.29) is 22.9 Å². The number of aryl methyl sites for hydroxylation is 1. The molecule has 3 aliphatic carbocycles. The van der Waals surface area contributed by atoms with E-state index in [4.69, 9.17) is 0 Å². The summed E-state index contributed by atoms with van der Waals surface area (Å²) in [7, 11) is 0. The number of benzene rings is 2. The minimum atomic E-state index is -0.908.